The van der Waals surface area contributed by atoms with Gasteiger partial charge in [-0.05, 0) is 33.2 Å². The van der Waals surface area contributed by atoms with Gasteiger partial charge < -0.3 is 15.4 Å². The molecule has 0 aromatic rings. The Labute approximate surface area is 95.0 Å². The van der Waals surface area contributed by atoms with Crippen molar-refractivity contribution < 1.29 is 4.74 Å². The average Bonchev–Trinajstić information content (AvgIpc) is 2.01. The molecule has 1 unspecified atom stereocenters. The molecule has 0 saturated heterocycles. The molecule has 3 nitrogen and oxygen atoms in total. The van der Waals surface area contributed by atoms with E-state index < -0.39 is 0 Å². The molecule has 1 atom stereocenters. The quantitative estimate of drug-likeness (QED) is 0.734. The molecule has 0 aromatic carbocycles. The lowest BCUT2D eigenvalue weighted by Gasteiger charge is -2.42. The van der Waals surface area contributed by atoms with Crippen LogP contribution in [0.4, 0.5) is 0 Å². The van der Waals surface area contributed by atoms with Crippen LogP contribution in [0.5, 0.6) is 0 Å². The Kier molecular flexibility index (Phi) is 5.24. The maximum Gasteiger partial charge on any atom is 0.0615 e. The fourth-order valence-electron chi connectivity index (χ4n) is 1.35. The first-order valence-electron chi connectivity index (χ1n) is 5.60. The first-order chi connectivity index (χ1) is 6.62. The molecule has 3 heteroatoms. The highest BCUT2D eigenvalue weighted by Crippen LogP contribution is 2.29. The minimum absolute atomic E-state index is 0.0871. The minimum Gasteiger partial charge on any atom is -0.383 e. The van der Waals surface area contributed by atoms with Crippen LogP contribution in [0.3, 0.4) is 0 Å². The summed E-state index contributed by atoms with van der Waals surface area (Å²) in [5.74, 6) is 0. The van der Waals surface area contributed by atoms with E-state index in [1.165, 1.54) is 0 Å². The fourth-order valence-corrected chi connectivity index (χ4v) is 1.35. The summed E-state index contributed by atoms with van der Waals surface area (Å²) in [5.41, 5.74) is 6.09. The summed E-state index contributed by atoms with van der Waals surface area (Å²) in [6.45, 7) is 12.5. The smallest absolute Gasteiger partial charge is 0.0615 e. The highest BCUT2D eigenvalue weighted by atomic mass is 16.5. The number of ether oxygens (including phenoxy) is 1. The van der Waals surface area contributed by atoms with E-state index in [-0.39, 0.29) is 11.0 Å². The normalized spacial score (nSPS) is 15.8. The molecular formula is C12H28N2O. The predicted octanol–water partition coefficient (Wildman–Crippen LogP) is 1.72. The molecule has 0 fully saturated rings. The van der Waals surface area contributed by atoms with Crippen molar-refractivity contribution in [3.63, 3.8) is 0 Å². The van der Waals surface area contributed by atoms with Gasteiger partial charge in [0.15, 0.2) is 0 Å². The number of rotatable bonds is 6. The summed E-state index contributed by atoms with van der Waals surface area (Å²) >= 11 is 0. The molecule has 0 aliphatic rings. The molecule has 0 spiro atoms. The van der Waals surface area contributed by atoms with Crippen molar-refractivity contribution in [2.75, 3.05) is 27.3 Å². The first kappa shape index (κ1) is 14.9. The second-order valence-corrected chi connectivity index (χ2v) is 5.83. The van der Waals surface area contributed by atoms with Crippen LogP contribution in [0, 0.1) is 5.41 Å². The summed E-state index contributed by atoms with van der Waals surface area (Å²) in [5, 5.41) is 0. The standard InChI is InChI=1S/C12H28N2O/c1-10(8-15-7)14(6)9-11(2,3)12(4,5)13/h10H,8-9,13H2,1-7H3. The topological polar surface area (TPSA) is 38.5 Å². The number of likely N-dealkylation sites (N-methyl/N-ethyl adjacent to an activating group) is 1. The van der Waals surface area contributed by atoms with Gasteiger partial charge in [0.05, 0.1) is 6.61 Å². The third-order valence-electron chi connectivity index (χ3n) is 3.55. The first-order valence-corrected chi connectivity index (χ1v) is 5.60. The SMILES string of the molecule is COCC(C)N(C)CC(C)(C)C(C)(C)N. The number of hydrogen-bond donors (Lipinski definition) is 1. The Morgan fingerprint density at radius 1 is 1.27 bits per heavy atom. The van der Waals surface area contributed by atoms with Crippen molar-refractivity contribution in [1.82, 2.24) is 4.90 Å². The monoisotopic (exact) mass is 216 g/mol. The molecule has 0 saturated carbocycles. The van der Waals surface area contributed by atoms with E-state index in [0.29, 0.717) is 6.04 Å². The Balaban J connectivity index is 4.33. The van der Waals surface area contributed by atoms with Crippen LogP contribution in [0.25, 0.3) is 0 Å². The Morgan fingerprint density at radius 3 is 2.07 bits per heavy atom. The van der Waals surface area contributed by atoms with Crippen molar-refractivity contribution in [3.8, 4) is 0 Å². The van der Waals surface area contributed by atoms with Crippen LogP contribution in [0.1, 0.15) is 34.6 Å². The summed E-state index contributed by atoms with van der Waals surface area (Å²) in [6.07, 6.45) is 0. The zero-order chi connectivity index (χ0) is 12.3. The molecule has 0 aliphatic carbocycles. The van der Waals surface area contributed by atoms with Crippen LogP contribution >= 0.6 is 0 Å². The summed E-state index contributed by atoms with van der Waals surface area (Å²) in [6, 6.07) is 0.427. The van der Waals surface area contributed by atoms with Gasteiger partial charge in [0.25, 0.3) is 0 Å². The van der Waals surface area contributed by atoms with Gasteiger partial charge in [-0.1, -0.05) is 13.8 Å². The van der Waals surface area contributed by atoms with Gasteiger partial charge in [0, 0.05) is 25.2 Å². The Bertz CT molecular complexity index is 185. The Hall–Kier alpha value is -0.120. The van der Waals surface area contributed by atoms with Gasteiger partial charge in [-0.3, -0.25) is 0 Å². The fraction of sp³-hybridized carbons (Fsp3) is 1.00. The highest BCUT2D eigenvalue weighted by Gasteiger charge is 2.34. The third-order valence-corrected chi connectivity index (χ3v) is 3.55. The molecular weight excluding hydrogens is 188 g/mol. The number of nitrogens with two attached hydrogens (primary N) is 1. The lowest BCUT2D eigenvalue weighted by Crippen LogP contribution is -2.53. The summed E-state index contributed by atoms with van der Waals surface area (Å²) < 4.78 is 5.15. The lowest BCUT2D eigenvalue weighted by atomic mass is 9.75. The molecule has 0 aromatic heterocycles. The zero-order valence-corrected chi connectivity index (χ0v) is 11.4. The Morgan fingerprint density at radius 2 is 1.73 bits per heavy atom. The summed E-state index contributed by atoms with van der Waals surface area (Å²) in [4.78, 5) is 2.30. The van der Waals surface area contributed by atoms with Crippen molar-refractivity contribution in [2.45, 2.75) is 46.2 Å². The molecule has 15 heavy (non-hydrogen) atoms. The maximum atomic E-state index is 6.18. The van der Waals surface area contributed by atoms with Crippen LogP contribution in [-0.4, -0.2) is 43.8 Å². The second kappa shape index (κ2) is 5.28. The minimum atomic E-state index is -0.173. The van der Waals surface area contributed by atoms with Gasteiger partial charge in [0.2, 0.25) is 0 Å². The zero-order valence-electron chi connectivity index (χ0n) is 11.4. The number of nitrogens with zero attached hydrogens (tertiary/aromatic N) is 1. The van der Waals surface area contributed by atoms with Gasteiger partial charge in [-0.2, -0.15) is 0 Å². The third kappa shape index (κ3) is 4.49. The highest BCUT2D eigenvalue weighted by molar-refractivity contribution is 4.92. The number of hydrogen-bond acceptors (Lipinski definition) is 3. The van der Waals surface area contributed by atoms with Gasteiger partial charge >= 0.3 is 0 Å². The average molecular weight is 216 g/mol. The second-order valence-electron chi connectivity index (χ2n) is 5.83. The molecule has 92 valence electrons. The van der Waals surface area contributed by atoms with E-state index in [2.05, 4.69) is 46.6 Å². The molecule has 2 N–H and O–H groups in total. The molecule has 0 aliphatic heterocycles. The molecule has 0 bridgehead atoms. The van der Waals surface area contributed by atoms with E-state index >= 15 is 0 Å². The van der Waals surface area contributed by atoms with E-state index in [1.807, 2.05) is 0 Å². The van der Waals surface area contributed by atoms with Crippen LogP contribution in [0.15, 0.2) is 0 Å². The van der Waals surface area contributed by atoms with Crippen molar-refractivity contribution in [2.24, 2.45) is 11.1 Å². The molecule has 0 rings (SSSR count). The van der Waals surface area contributed by atoms with Crippen molar-refractivity contribution >= 4 is 0 Å². The van der Waals surface area contributed by atoms with Crippen LogP contribution < -0.4 is 5.73 Å². The van der Waals surface area contributed by atoms with Gasteiger partial charge in [-0.15, -0.1) is 0 Å². The predicted molar refractivity (Wildman–Crippen MR) is 66.0 cm³/mol. The molecule has 0 heterocycles. The van der Waals surface area contributed by atoms with Crippen molar-refractivity contribution in [3.05, 3.63) is 0 Å². The van der Waals surface area contributed by atoms with Crippen LogP contribution in [-0.2, 0) is 4.74 Å². The largest absolute Gasteiger partial charge is 0.383 e. The maximum absolute atomic E-state index is 6.18. The van der Waals surface area contributed by atoms with Gasteiger partial charge in [0.1, 0.15) is 0 Å². The summed E-state index contributed by atoms with van der Waals surface area (Å²) in [7, 11) is 3.86. The van der Waals surface area contributed by atoms with Crippen molar-refractivity contribution in [1.29, 1.82) is 0 Å². The van der Waals surface area contributed by atoms with E-state index in [9.17, 15) is 0 Å². The number of methoxy groups -OCH3 is 1. The van der Waals surface area contributed by atoms with E-state index in [4.69, 9.17) is 10.5 Å². The van der Waals surface area contributed by atoms with Crippen LogP contribution in [0.2, 0.25) is 0 Å². The molecule has 0 amide bonds. The van der Waals surface area contributed by atoms with Gasteiger partial charge in [-0.25, -0.2) is 0 Å². The van der Waals surface area contributed by atoms with E-state index in [0.717, 1.165) is 13.2 Å². The molecule has 0 radical (unpaired) electrons. The lowest BCUT2D eigenvalue weighted by molar-refractivity contribution is 0.0668. The van der Waals surface area contributed by atoms with E-state index in [1.54, 1.807) is 7.11 Å².